The molecule has 0 saturated carbocycles. The Morgan fingerprint density at radius 2 is 2.12 bits per heavy atom. The fourth-order valence-electron chi connectivity index (χ4n) is 2.65. The molecule has 0 saturated heterocycles. The number of thiocarbonyl (C=S) groups is 1. The van der Waals surface area contributed by atoms with E-state index in [0.29, 0.717) is 22.8 Å². The van der Waals surface area contributed by atoms with Crippen molar-refractivity contribution in [2.24, 2.45) is 5.84 Å². The highest BCUT2D eigenvalue weighted by molar-refractivity contribution is 7.81. The quantitative estimate of drug-likeness (QED) is 0.419. The standard InChI is InChI=1S/C18H20N4O2S/c19-22(10-13-6-8-20-9-7-13)15-11-24-12-16(23)17(15)18(25)21-14-4-2-1-3-5-14/h1-8,20H,9-12,19H2,(H,21,25). The van der Waals surface area contributed by atoms with E-state index in [-0.39, 0.29) is 19.0 Å². The average Bonchev–Trinajstić information content (AvgIpc) is 2.63. The van der Waals surface area contributed by atoms with Gasteiger partial charge in [0.05, 0.1) is 24.4 Å². The molecule has 0 aromatic heterocycles. The van der Waals surface area contributed by atoms with Crippen molar-refractivity contribution in [2.45, 2.75) is 0 Å². The number of nitrogens with zero attached hydrogens (tertiary/aromatic N) is 1. The molecule has 0 aliphatic carbocycles. The van der Waals surface area contributed by atoms with E-state index in [2.05, 4.69) is 10.6 Å². The molecule has 6 nitrogen and oxygen atoms in total. The van der Waals surface area contributed by atoms with Crippen molar-refractivity contribution in [3.8, 4) is 0 Å². The molecular formula is C18H20N4O2S. The van der Waals surface area contributed by atoms with Crippen LogP contribution in [0.2, 0.25) is 0 Å². The number of para-hydroxylation sites is 1. The minimum Gasteiger partial charge on any atom is -0.387 e. The maximum Gasteiger partial charge on any atom is 0.193 e. The Bertz CT molecular complexity index is 756. The van der Waals surface area contributed by atoms with E-state index in [1.54, 1.807) is 0 Å². The number of carbonyl (C=O) groups excluding carboxylic acids is 1. The number of hydrogen-bond donors (Lipinski definition) is 3. The summed E-state index contributed by atoms with van der Waals surface area (Å²) in [6.07, 6.45) is 5.88. The number of hydrazine groups is 1. The minimum absolute atomic E-state index is 0.00972. The smallest absolute Gasteiger partial charge is 0.193 e. The number of nitrogens with two attached hydrogens (primary N) is 1. The van der Waals surface area contributed by atoms with Gasteiger partial charge in [-0.3, -0.25) is 4.79 Å². The van der Waals surface area contributed by atoms with Crippen LogP contribution in [0, 0.1) is 0 Å². The molecule has 0 radical (unpaired) electrons. The van der Waals surface area contributed by atoms with E-state index >= 15 is 0 Å². The summed E-state index contributed by atoms with van der Waals surface area (Å²) < 4.78 is 5.37. The number of Topliss-reactive ketones (excluding diaryl/α,β-unsaturated/α-hetero) is 1. The zero-order chi connectivity index (χ0) is 17.6. The third-order valence-electron chi connectivity index (χ3n) is 3.90. The first kappa shape index (κ1) is 17.3. The van der Waals surface area contributed by atoms with Crippen LogP contribution in [0.3, 0.4) is 0 Å². The Labute approximate surface area is 152 Å². The fraction of sp³-hybridized carbons (Fsp3) is 0.222. The van der Waals surface area contributed by atoms with Crippen molar-refractivity contribution in [1.82, 2.24) is 10.3 Å². The van der Waals surface area contributed by atoms with Gasteiger partial charge in [0.2, 0.25) is 0 Å². The summed E-state index contributed by atoms with van der Waals surface area (Å²) in [4.78, 5) is 12.8. The lowest BCUT2D eigenvalue weighted by molar-refractivity contribution is -0.120. The summed E-state index contributed by atoms with van der Waals surface area (Å²) >= 11 is 5.47. The van der Waals surface area contributed by atoms with E-state index in [0.717, 1.165) is 17.8 Å². The molecule has 4 N–H and O–H groups in total. The number of ketones is 1. The molecule has 1 aromatic carbocycles. The molecule has 2 aliphatic rings. The van der Waals surface area contributed by atoms with Crippen LogP contribution in [0.4, 0.5) is 5.69 Å². The maximum atomic E-state index is 12.4. The van der Waals surface area contributed by atoms with E-state index < -0.39 is 0 Å². The predicted octanol–water partition coefficient (Wildman–Crippen LogP) is 1.50. The molecule has 25 heavy (non-hydrogen) atoms. The molecule has 7 heteroatoms. The second-order valence-electron chi connectivity index (χ2n) is 5.71. The molecule has 130 valence electrons. The number of ether oxygens (including phenoxy) is 1. The third-order valence-corrected chi connectivity index (χ3v) is 4.20. The van der Waals surface area contributed by atoms with Crippen molar-refractivity contribution in [3.05, 3.63) is 65.5 Å². The molecule has 0 bridgehead atoms. The molecule has 2 aliphatic heterocycles. The Balaban J connectivity index is 1.82. The van der Waals surface area contributed by atoms with E-state index in [4.69, 9.17) is 22.8 Å². The largest absolute Gasteiger partial charge is 0.387 e. The number of nitrogens with one attached hydrogen (secondary N) is 2. The zero-order valence-electron chi connectivity index (χ0n) is 13.7. The Morgan fingerprint density at radius 3 is 2.84 bits per heavy atom. The van der Waals surface area contributed by atoms with Crippen LogP contribution in [0.5, 0.6) is 0 Å². The van der Waals surface area contributed by atoms with Gasteiger partial charge < -0.3 is 20.4 Å². The van der Waals surface area contributed by atoms with Crippen molar-refractivity contribution in [3.63, 3.8) is 0 Å². The van der Waals surface area contributed by atoms with E-state index in [1.165, 1.54) is 5.01 Å². The Hall–Kier alpha value is -2.48. The highest BCUT2D eigenvalue weighted by Crippen LogP contribution is 2.19. The van der Waals surface area contributed by atoms with Gasteiger partial charge in [0, 0.05) is 12.2 Å². The van der Waals surface area contributed by atoms with Gasteiger partial charge in [-0.2, -0.15) is 0 Å². The van der Waals surface area contributed by atoms with Crippen LogP contribution in [-0.4, -0.2) is 42.1 Å². The highest BCUT2D eigenvalue weighted by atomic mass is 32.1. The molecule has 1 aromatic rings. The summed E-state index contributed by atoms with van der Waals surface area (Å²) in [5, 5.41) is 7.73. The topological polar surface area (TPSA) is 79.6 Å². The van der Waals surface area contributed by atoms with Gasteiger partial charge in [-0.1, -0.05) is 36.5 Å². The molecule has 0 atom stereocenters. The van der Waals surface area contributed by atoms with Gasteiger partial charge in [0.15, 0.2) is 5.78 Å². The normalized spacial score (nSPS) is 17.0. The van der Waals surface area contributed by atoms with E-state index in [1.807, 2.05) is 48.7 Å². The Kier molecular flexibility index (Phi) is 5.60. The first-order valence-electron chi connectivity index (χ1n) is 7.97. The zero-order valence-corrected chi connectivity index (χ0v) is 14.5. The van der Waals surface area contributed by atoms with Crippen LogP contribution in [-0.2, 0) is 9.53 Å². The van der Waals surface area contributed by atoms with Crippen LogP contribution >= 0.6 is 12.2 Å². The summed E-state index contributed by atoms with van der Waals surface area (Å²) in [6.45, 7) is 1.50. The summed E-state index contributed by atoms with van der Waals surface area (Å²) in [5.74, 6) is 6.06. The van der Waals surface area contributed by atoms with Gasteiger partial charge in [-0.25, -0.2) is 5.84 Å². The number of anilines is 1. The monoisotopic (exact) mass is 356 g/mol. The van der Waals surface area contributed by atoms with Gasteiger partial charge >= 0.3 is 0 Å². The van der Waals surface area contributed by atoms with Gasteiger partial charge in [0.25, 0.3) is 0 Å². The predicted molar refractivity (Wildman–Crippen MR) is 102 cm³/mol. The summed E-state index contributed by atoms with van der Waals surface area (Å²) in [7, 11) is 0. The lowest BCUT2D eigenvalue weighted by atomic mass is 10.1. The maximum absolute atomic E-state index is 12.4. The molecule has 0 unspecified atom stereocenters. The van der Waals surface area contributed by atoms with Gasteiger partial charge in [-0.05, 0) is 30.0 Å². The van der Waals surface area contributed by atoms with Crippen molar-refractivity contribution in [2.75, 3.05) is 31.6 Å². The molecular weight excluding hydrogens is 336 g/mol. The summed E-state index contributed by atoms with van der Waals surface area (Å²) in [6, 6.07) is 9.50. The van der Waals surface area contributed by atoms with Crippen LogP contribution in [0.25, 0.3) is 0 Å². The second-order valence-corrected chi connectivity index (χ2v) is 6.11. The van der Waals surface area contributed by atoms with Crippen LogP contribution in [0.1, 0.15) is 0 Å². The van der Waals surface area contributed by atoms with Gasteiger partial charge in [-0.15, -0.1) is 0 Å². The second kappa shape index (κ2) is 8.06. The lowest BCUT2D eigenvalue weighted by Crippen LogP contribution is -2.41. The number of rotatable bonds is 5. The summed E-state index contributed by atoms with van der Waals surface area (Å²) in [5.41, 5.74) is 2.91. The lowest BCUT2D eigenvalue weighted by Gasteiger charge is -2.29. The number of hydrogen-bond acceptors (Lipinski definition) is 6. The number of carbonyl (C=O) groups is 1. The van der Waals surface area contributed by atoms with Crippen molar-refractivity contribution >= 4 is 28.7 Å². The first-order valence-corrected chi connectivity index (χ1v) is 8.37. The fourth-order valence-corrected chi connectivity index (χ4v) is 3.00. The third kappa shape index (κ3) is 4.33. The van der Waals surface area contributed by atoms with Crippen LogP contribution < -0.4 is 16.5 Å². The number of benzene rings is 1. The molecule has 3 rings (SSSR count). The molecule has 2 heterocycles. The molecule has 0 amide bonds. The average molecular weight is 356 g/mol. The SMILES string of the molecule is NN(CC1=CCNC=C1)C1=C(C(=S)Nc2ccccc2)C(=O)COC1. The first-order chi connectivity index (χ1) is 12.1. The van der Waals surface area contributed by atoms with Crippen molar-refractivity contribution in [1.29, 1.82) is 0 Å². The van der Waals surface area contributed by atoms with Gasteiger partial charge in [0.1, 0.15) is 11.6 Å². The van der Waals surface area contributed by atoms with E-state index in [9.17, 15) is 4.79 Å². The number of dihydropyridines is 1. The van der Waals surface area contributed by atoms with Crippen molar-refractivity contribution < 1.29 is 9.53 Å². The Morgan fingerprint density at radius 1 is 1.32 bits per heavy atom. The highest BCUT2D eigenvalue weighted by Gasteiger charge is 2.27. The van der Waals surface area contributed by atoms with Crippen LogP contribution in [0.15, 0.2) is 65.5 Å². The molecule has 0 fully saturated rings. The minimum atomic E-state index is -0.167. The molecule has 0 spiro atoms.